The van der Waals surface area contributed by atoms with E-state index >= 15 is 0 Å². The van der Waals surface area contributed by atoms with Gasteiger partial charge in [0.15, 0.2) is 0 Å². The van der Waals surface area contributed by atoms with Gasteiger partial charge in [0.25, 0.3) is 11.8 Å². The van der Waals surface area contributed by atoms with Gasteiger partial charge in [-0.3, -0.25) is 25.3 Å². The van der Waals surface area contributed by atoms with Gasteiger partial charge in [-0.15, -0.1) is 0 Å². The minimum atomic E-state index is -0.343. The highest BCUT2D eigenvalue weighted by Gasteiger charge is 2.19. The first-order valence-corrected chi connectivity index (χ1v) is 8.90. The number of hydrazine groups is 1. The van der Waals surface area contributed by atoms with Gasteiger partial charge in [-0.2, -0.15) is 0 Å². The predicted octanol–water partition coefficient (Wildman–Crippen LogP) is 1.72. The van der Waals surface area contributed by atoms with Crippen LogP contribution in [0.5, 0.6) is 0 Å². The number of carbonyl (C=O) groups is 2. The third kappa shape index (κ3) is 5.27. The zero-order valence-electron chi connectivity index (χ0n) is 15.2. The van der Waals surface area contributed by atoms with Gasteiger partial charge in [-0.05, 0) is 43.3 Å². The molecule has 0 saturated carbocycles. The molecule has 1 saturated heterocycles. The molecule has 6 nitrogen and oxygen atoms in total. The molecule has 2 aromatic rings. The summed E-state index contributed by atoms with van der Waals surface area (Å²) in [6.07, 6.45) is 0. The van der Waals surface area contributed by atoms with Gasteiger partial charge in [0.2, 0.25) is 0 Å². The summed E-state index contributed by atoms with van der Waals surface area (Å²) in [6.45, 7) is 5.11. The van der Waals surface area contributed by atoms with E-state index in [0.717, 1.165) is 37.4 Å². The third-order valence-corrected chi connectivity index (χ3v) is 4.56. The Bertz CT molecular complexity index is 785. The van der Waals surface area contributed by atoms with Crippen molar-refractivity contribution in [3.05, 3.63) is 65.5 Å². The Morgan fingerprint density at radius 1 is 0.926 bits per heavy atom. The molecule has 1 heterocycles. The summed E-state index contributed by atoms with van der Waals surface area (Å²) in [5.41, 5.74) is 7.43. The second-order valence-electron chi connectivity index (χ2n) is 6.61. The molecule has 1 fully saturated rings. The van der Waals surface area contributed by atoms with Crippen LogP contribution >= 0.6 is 0 Å². The molecule has 0 atom stereocenters. The Morgan fingerprint density at radius 2 is 1.56 bits per heavy atom. The summed E-state index contributed by atoms with van der Waals surface area (Å²) in [5.74, 6) is -0.850. The maximum Gasteiger partial charge on any atom is 0.269 e. The van der Waals surface area contributed by atoms with Crippen LogP contribution in [0.15, 0.2) is 48.5 Å². The minimum absolute atomic E-state index is 0.214. The predicted molar refractivity (Wildman–Crippen MR) is 102 cm³/mol. The maximum atomic E-state index is 13.0. The molecule has 1 aliphatic rings. The fraction of sp³-hybridized carbons (Fsp3) is 0.300. The Balaban J connectivity index is 1.41. The van der Waals surface area contributed by atoms with Crippen LogP contribution < -0.4 is 15.8 Å². The zero-order valence-corrected chi connectivity index (χ0v) is 15.2. The Hall–Kier alpha value is -2.93. The first-order valence-electron chi connectivity index (χ1n) is 8.90. The summed E-state index contributed by atoms with van der Waals surface area (Å²) in [4.78, 5) is 28.3. The van der Waals surface area contributed by atoms with E-state index in [-0.39, 0.29) is 24.2 Å². The molecule has 0 spiro atoms. The van der Waals surface area contributed by atoms with E-state index in [2.05, 4.69) is 15.8 Å². The van der Waals surface area contributed by atoms with Crippen LogP contribution in [-0.2, 0) is 4.79 Å². The number of aryl methyl sites for hydroxylation is 1. The van der Waals surface area contributed by atoms with Crippen molar-refractivity contribution in [2.24, 2.45) is 0 Å². The van der Waals surface area contributed by atoms with Crippen molar-refractivity contribution in [2.75, 3.05) is 37.6 Å². The van der Waals surface area contributed by atoms with Crippen molar-refractivity contribution < 1.29 is 14.0 Å². The van der Waals surface area contributed by atoms with Gasteiger partial charge in [-0.1, -0.05) is 17.7 Å². The molecule has 0 aliphatic carbocycles. The molecule has 2 N–H and O–H groups in total. The SMILES string of the molecule is Cc1ccc(C(=O)NNC(=O)CN2CCN(c3ccc(F)cc3)CC2)cc1. The molecule has 0 radical (unpaired) electrons. The number of hydrogen-bond acceptors (Lipinski definition) is 4. The molecule has 0 bridgehead atoms. The molecule has 2 amide bonds. The quantitative estimate of drug-likeness (QED) is 0.805. The van der Waals surface area contributed by atoms with Crippen molar-refractivity contribution in [1.29, 1.82) is 0 Å². The number of anilines is 1. The molecule has 2 aromatic carbocycles. The Kier molecular flexibility index (Phi) is 6.03. The highest BCUT2D eigenvalue weighted by molar-refractivity contribution is 5.95. The molecule has 0 unspecified atom stereocenters. The number of hydrogen-bond donors (Lipinski definition) is 2. The summed E-state index contributed by atoms with van der Waals surface area (Å²) < 4.78 is 13.0. The highest BCUT2D eigenvalue weighted by Crippen LogP contribution is 2.16. The lowest BCUT2D eigenvalue weighted by Crippen LogP contribution is -2.52. The first kappa shape index (κ1) is 18.8. The van der Waals surface area contributed by atoms with Gasteiger partial charge >= 0.3 is 0 Å². The molecule has 27 heavy (non-hydrogen) atoms. The fourth-order valence-electron chi connectivity index (χ4n) is 2.96. The van der Waals surface area contributed by atoms with E-state index in [0.29, 0.717) is 5.56 Å². The van der Waals surface area contributed by atoms with Crippen LogP contribution in [0.3, 0.4) is 0 Å². The van der Waals surface area contributed by atoms with Gasteiger partial charge in [0.05, 0.1) is 6.54 Å². The van der Waals surface area contributed by atoms with Crippen molar-refractivity contribution in [2.45, 2.75) is 6.92 Å². The number of piperazine rings is 1. The normalized spacial score (nSPS) is 14.7. The average Bonchev–Trinajstić information content (AvgIpc) is 2.68. The average molecular weight is 370 g/mol. The smallest absolute Gasteiger partial charge is 0.269 e. The van der Waals surface area contributed by atoms with E-state index in [9.17, 15) is 14.0 Å². The van der Waals surface area contributed by atoms with Crippen LogP contribution in [0.2, 0.25) is 0 Å². The lowest BCUT2D eigenvalue weighted by molar-refractivity contribution is -0.123. The molecule has 7 heteroatoms. The minimum Gasteiger partial charge on any atom is -0.369 e. The molecule has 0 aromatic heterocycles. The fourth-order valence-corrected chi connectivity index (χ4v) is 2.96. The van der Waals surface area contributed by atoms with Crippen molar-refractivity contribution in [3.63, 3.8) is 0 Å². The summed E-state index contributed by atoms with van der Waals surface area (Å²) in [7, 11) is 0. The number of nitrogens with zero attached hydrogens (tertiary/aromatic N) is 2. The molecule has 142 valence electrons. The number of halogens is 1. The van der Waals surface area contributed by atoms with E-state index in [4.69, 9.17) is 0 Å². The number of nitrogens with one attached hydrogen (secondary N) is 2. The Morgan fingerprint density at radius 3 is 2.19 bits per heavy atom. The van der Waals surface area contributed by atoms with Crippen LogP contribution in [0, 0.1) is 12.7 Å². The maximum absolute atomic E-state index is 13.0. The van der Waals surface area contributed by atoms with Crippen molar-refractivity contribution >= 4 is 17.5 Å². The van der Waals surface area contributed by atoms with Crippen LogP contribution in [0.25, 0.3) is 0 Å². The van der Waals surface area contributed by atoms with Crippen LogP contribution in [0.4, 0.5) is 10.1 Å². The molecular weight excluding hydrogens is 347 g/mol. The third-order valence-electron chi connectivity index (χ3n) is 4.56. The monoisotopic (exact) mass is 370 g/mol. The van der Waals surface area contributed by atoms with Crippen molar-refractivity contribution in [1.82, 2.24) is 15.8 Å². The summed E-state index contributed by atoms with van der Waals surface area (Å²) in [5, 5.41) is 0. The van der Waals surface area contributed by atoms with E-state index < -0.39 is 0 Å². The van der Waals surface area contributed by atoms with E-state index in [1.54, 1.807) is 24.3 Å². The second kappa shape index (κ2) is 8.64. The van der Waals surface area contributed by atoms with Crippen molar-refractivity contribution in [3.8, 4) is 0 Å². The number of carbonyl (C=O) groups excluding carboxylic acids is 2. The number of amides is 2. The standard InChI is InChI=1S/C20H23FN4O2/c1-15-2-4-16(5-3-15)20(27)23-22-19(26)14-24-10-12-25(13-11-24)18-8-6-17(21)7-9-18/h2-9H,10-14H2,1H3,(H,22,26)(H,23,27). The van der Waals surface area contributed by atoms with Crippen LogP contribution in [0.1, 0.15) is 15.9 Å². The number of rotatable bonds is 4. The lowest BCUT2D eigenvalue weighted by Gasteiger charge is -2.35. The zero-order chi connectivity index (χ0) is 19.2. The Labute approximate surface area is 157 Å². The van der Waals surface area contributed by atoms with Gasteiger partial charge in [-0.25, -0.2) is 4.39 Å². The summed E-state index contributed by atoms with van der Waals surface area (Å²) >= 11 is 0. The van der Waals surface area contributed by atoms with E-state index in [1.165, 1.54) is 12.1 Å². The first-order chi connectivity index (χ1) is 13.0. The van der Waals surface area contributed by atoms with Crippen LogP contribution in [-0.4, -0.2) is 49.4 Å². The lowest BCUT2D eigenvalue weighted by atomic mass is 10.1. The molecule has 1 aliphatic heterocycles. The van der Waals surface area contributed by atoms with Gasteiger partial charge in [0.1, 0.15) is 5.82 Å². The largest absolute Gasteiger partial charge is 0.369 e. The van der Waals surface area contributed by atoms with Gasteiger partial charge in [0, 0.05) is 37.4 Å². The second-order valence-corrected chi connectivity index (χ2v) is 6.61. The van der Waals surface area contributed by atoms with Gasteiger partial charge < -0.3 is 4.90 Å². The number of benzene rings is 2. The highest BCUT2D eigenvalue weighted by atomic mass is 19.1. The molecule has 3 rings (SSSR count). The van der Waals surface area contributed by atoms with E-state index in [1.807, 2.05) is 24.0 Å². The topological polar surface area (TPSA) is 64.7 Å². The summed E-state index contributed by atoms with van der Waals surface area (Å²) in [6, 6.07) is 13.5. The molecular formula is C20H23FN4O2.